The number of aliphatic hydroxyl groups excluding tert-OH is 2. The minimum atomic E-state index is -0.891. The van der Waals surface area contributed by atoms with E-state index in [2.05, 4.69) is 131 Å². The molecule has 0 aliphatic carbocycles. The zero-order valence-corrected chi connectivity index (χ0v) is 55.9. The monoisotopic (exact) mass is 1230 g/mol. The molecule has 0 unspecified atom stereocenters. The highest BCUT2D eigenvalue weighted by atomic mass is 79.9. The molecule has 2 N–H and O–H groups in total. The van der Waals surface area contributed by atoms with Gasteiger partial charge in [0.1, 0.15) is 35.0 Å². The number of hydrogen-bond donors (Lipinski definition) is 2. The van der Waals surface area contributed by atoms with Crippen LogP contribution >= 0.6 is 15.9 Å². The summed E-state index contributed by atoms with van der Waals surface area (Å²) < 4.78 is 28.9. The molecule has 86 heavy (non-hydrogen) atoms. The fourth-order valence-corrected chi connectivity index (χ4v) is 11.4. The van der Waals surface area contributed by atoms with Gasteiger partial charge in [0.05, 0.1) is 46.2 Å². The number of para-hydroxylation sites is 2. The van der Waals surface area contributed by atoms with Crippen molar-refractivity contribution in [1.29, 1.82) is 0 Å². The normalized spacial score (nSPS) is 17.8. The number of nitrogens with zero attached hydrogens (tertiary/aromatic N) is 10. The molecule has 0 radical (unpaired) electrons. The number of pyridine rings is 2. The van der Waals surface area contributed by atoms with Gasteiger partial charge in [0.15, 0.2) is 6.29 Å². The highest BCUT2D eigenvalue weighted by Gasteiger charge is 2.51. The molecule has 3 fully saturated rings. The number of aliphatic hydroxyl groups is 2. The highest BCUT2D eigenvalue weighted by Crippen LogP contribution is 2.49. The van der Waals surface area contributed by atoms with Gasteiger partial charge in [-0.15, -0.1) is 0 Å². The van der Waals surface area contributed by atoms with E-state index in [9.17, 15) is 10.2 Å². The van der Waals surface area contributed by atoms with E-state index >= 15 is 0 Å². The van der Waals surface area contributed by atoms with Crippen LogP contribution in [0.25, 0.3) is 22.4 Å². The van der Waals surface area contributed by atoms with Crippen LogP contribution in [-0.4, -0.2) is 98.5 Å². The van der Waals surface area contributed by atoms with Crippen molar-refractivity contribution in [3.63, 3.8) is 0 Å². The third-order valence-corrected chi connectivity index (χ3v) is 19.3. The Morgan fingerprint density at radius 3 is 1.36 bits per heavy atom. The van der Waals surface area contributed by atoms with E-state index in [1.165, 1.54) is 0 Å². The summed E-state index contributed by atoms with van der Waals surface area (Å²) in [5.41, 5.74) is 11.5. The fraction of sp³-hybridized carbons (Fsp3) is 0.507. The summed E-state index contributed by atoms with van der Waals surface area (Å²) in [5.74, 6) is 2.93. The molecule has 6 aromatic heterocycles. The summed E-state index contributed by atoms with van der Waals surface area (Å²) in [4.78, 5) is 32.4. The number of hydrogen-bond acceptors (Lipinski definition) is 14. The second kappa shape index (κ2) is 23.9. The Labute approximate surface area is 517 Å². The summed E-state index contributed by atoms with van der Waals surface area (Å²) in [6.45, 7) is 46.4. The maximum absolute atomic E-state index is 11.5. The smallest absolute Gasteiger partial charge is 0.225 e. The van der Waals surface area contributed by atoms with Crippen molar-refractivity contribution in [2.75, 3.05) is 36.0 Å². The largest absolute Gasteiger partial charge is 0.491 e. The molecule has 3 saturated heterocycles. The molecule has 11 rings (SSSR count). The van der Waals surface area contributed by atoms with Crippen LogP contribution in [0.1, 0.15) is 180 Å². The van der Waals surface area contributed by atoms with Gasteiger partial charge in [-0.2, -0.15) is 0 Å². The number of fused-ring (bicyclic) bond motifs is 2. The average molecular weight is 1240 g/mol. The predicted molar refractivity (Wildman–Crippen MR) is 345 cm³/mol. The summed E-state index contributed by atoms with van der Waals surface area (Å²) in [7, 11) is 0. The van der Waals surface area contributed by atoms with Gasteiger partial charge >= 0.3 is 0 Å². The number of aryl methyl sites for hydroxylation is 4. The minimum Gasteiger partial charge on any atom is -0.491 e. The number of aromatic nitrogens is 8. The molecule has 2 aromatic carbocycles. The number of rotatable bonds is 12. The maximum Gasteiger partial charge on any atom is 0.225 e. The third kappa shape index (κ3) is 12.8. The lowest BCUT2D eigenvalue weighted by Gasteiger charge is -2.55. The first-order valence-electron chi connectivity index (χ1n) is 30.1. The van der Waals surface area contributed by atoms with Crippen LogP contribution in [-0.2, 0) is 9.47 Å². The van der Waals surface area contributed by atoms with Crippen molar-refractivity contribution >= 4 is 39.1 Å². The Hall–Kier alpha value is -6.50. The molecular weight excluding hydrogens is 1140 g/mol. The number of ether oxygens (including phenoxy) is 4. The second-order valence-corrected chi connectivity index (χ2v) is 28.9. The molecule has 2 atom stereocenters. The van der Waals surface area contributed by atoms with E-state index in [0.29, 0.717) is 16.9 Å². The zero-order valence-electron chi connectivity index (χ0n) is 54.3. The summed E-state index contributed by atoms with van der Waals surface area (Å²) in [5, 5.41) is 22.6. The van der Waals surface area contributed by atoms with Gasteiger partial charge in [-0.1, -0.05) is 91.8 Å². The summed E-state index contributed by atoms with van der Waals surface area (Å²) in [6, 6.07) is 19.3. The quantitative estimate of drug-likeness (QED) is 0.118. The lowest BCUT2D eigenvalue weighted by Crippen LogP contribution is -2.61. The van der Waals surface area contributed by atoms with Gasteiger partial charge in [0.25, 0.3) is 0 Å². The van der Waals surface area contributed by atoms with Crippen molar-refractivity contribution in [1.82, 2.24) is 38.7 Å². The van der Waals surface area contributed by atoms with Gasteiger partial charge < -0.3 is 43.4 Å². The Morgan fingerprint density at radius 2 is 0.953 bits per heavy atom. The Balaban J connectivity index is 0.000000161. The van der Waals surface area contributed by atoms with E-state index in [1.54, 1.807) is 0 Å². The van der Waals surface area contributed by atoms with Crippen LogP contribution in [0.2, 0.25) is 0 Å². The van der Waals surface area contributed by atoms with E-state index in [4.69, 9.17) is 33.9 Å². The molecule has 0 saturated carbocycles. The topological polar surface area (TPSA) is 170 Å². The molecule has 0 spiro atoms. The number of anilines is 2. The van der Waals surface area contributed by atoms with Gasteiger partial charge in [0, 0.05) is 106 Å². The molecule has 3 aliphatic rings. The van der Waals surface area contributed by atoms with E-state index in [-0.39, 0.29) is 39.7 Å². The van der Waals surface area contributed by atoms with Gasteiger partial charge in [0.2, 0.25) is 11.9 Å². The van der Waals surface area contributed by atoms with Crippen LogP contribution in [0.4, 0.5) is 11.9 Å². The fourth-order valence-electron chi connectivity index (χ4n) is 11.1. The van der Waals surface area contributed by atoms with Gasteiger partial charge in [-0.3, -0.25) is 4.40 Å². The first kappa shape index (κ1) is 64.0. The molecule has 17 heteroatoms. The lowest BCUT2D eigenvalue weighted by molar-refractivity contribution is -0.0899. The Morgan fingerprint density at radius 1 is 0.570 bits per heavy atom. The van der Waals surface area contributed by atoms with Crippen LogP contribution in [0, 0.1) is 49.4 Å². The number of benzene rings is 2. The average Bonchev–Trinajstić information content (AvgIpc) is 1.02. The summed E-state index contributed by atoms with van der Waals surface area (Å²) in [6.07, 6.45) is 9.38. The van der Waals surface area contributed by atoms with Gasteiger partial charge in [-0.25, -0.2) is 29.9 Å². The van der Waals surface area contributed by atoms with Crippen LogP contribution in [0.5, 0.6) is 11.5 Å². The number of imidazole rings is 2. The summed E-state index contributed by atoms with van der Waals surface area (Å²) >= 11 is 3.56. The third-order valence-electron chi connectivity index (χ3n) is 18.5. The first-order chi connectivity index (χ1) is 40.1. The zero-order chi connectivity index (χ0) is 62.8. The Bertz CT molecular complexity index is 3680. The molecule has 0 bridgehead atoms. The number of halogens is 1. The van der Waals surface area contributed by atoms with Crippen molar-refractivity contribution in [3.8, 4) is 22.6 Å². The molecule has 8 aromatic rings. The van der Waals surface area contributed by atoms with Crippen molar-refractivity contribution in [2.24, 2.45) is 21.7 Å². The molecule has 9 heterocycles. The Kier molecular flexibility index (Phi) is 17.8. The van der Waals surface area contributed by atoms with Crippen LogP contribution in [0.3, 0.4) is 0 Å². The van der Waals surface area contributed by atoms with Crippen LogP contribution < -0.4 is 19.3 Å². The standard InChI is InChI=1S/C31H39N5O2.C19H21BrN2O2.C19H31N3O2/c1-19(2)38-25-12-10-9-11-23(25)28(37)27-21(4)34-26-13-20(3)24(16-36(26)27)22-14-32-29(33-15-22)35-17-31(8,18-35)30(5,6)7;1-11(2)24-16-8-6-5-7-14(16)19(23)18-13(4)21-17-9-12(3)15(20)10-22(17)18;1-16(2,3)19(8)11-22(12-19)15-20-9-13(10-21-15)14-23-17(4,5)18(6,7)24-14/h9-16,19,28,37H,17-18H2,1-8H3;5-11,19,23H,1-4H3;9-10,14H,11-12H2,1-8H3/t28-;19-;/m11./s1. The van der Waals surface area contributed by atoms with Crippen molar-refractivity contribution in [3.05, 3.63) is 153 Å². The minimum absolute atomic E-state index is 0.00215. The lowest BCUT2D eigenvalue weighted by atomic mass is 9.63. The van der Waals surface area contributed by atoms with E-state index in [0.717, 1.165) is 116 Å². The first-order valence-corrected chi connectivity index (χ1v) is 30.9. The highest BCUT2D eigenvalue weighted by molar-refractivity contribution is 9.10. The van der Waals surface area contributed by atoms with Crippen LogP contribution in [0.15, 0.2) is 102 Å². The maximum atomic E-state index is 11.5. The molecule has 16 nitrogen and oxygen atoms in total. The second-order valence-electron chi connectivity index (χ2n) is 28.0. The van der Waals surface area contributed by atoms with Crippen molar-refractivity contribution in [2.45, 2.75) is 180 Å². The van der Waals surface area contributed by atoms with E-state index < -0.39 is 18.5 Å². The molecule has 460 valence electrons. The molecule has 3 aliphatic heterocycles. The SMILES string of the molecule is CC(C)(C)C1(C)CN(c2ncc(C3OC(C)(C)C(C)(C)O3)cn2)C1.Cc1cc2nc(C)c([C@H](O)c3ccccc3OC(C)C)n2cc1-c1cnc(N2CC(C)(C(C)(C)C)C2)nc1.Cc1cc2nc(C)c([C@H](O)c3ccccc3OC(C)C)n2cc1Br. The molecular formula is C69H91BrN10O6. The molecule has 0 amide bonds. The van der Waals surface area contributed by atoms with Gasteiger partial charge in [-0.05, 0) is 145 Å². The van der Waals surface area contributed by atoms with Crippen molar-refractivity contribution < 1.29 is 29.2 Å². The predicted octanol–water partition coefficient (Wildman–Crippen LogP) is 14.7. The van der Waals surface area contributed by atoms with E-state index in [1.807, 2.05) is 155 Å².